The maximum Gasteiger partial charge on any atom is 0.128 e. The molecule has 0 amide bonds. The minimum Gasteiger partial charge on any atom is -0.508 e. The predicted octanol–water partition coefficient (Wildman–Crippen LogP) is 6.66. The number of hydrogen-bond donors (Lipinski definition) is 3. The van der Waals surface area contributed by atoms with Gasteiger partial charge in [0.2, 0.25) is 0 Å². The number of anilines is 1. The van der Waals surface area contributed by atoms with Gasteiger partial charge in [0.25, 0.3) is 0 Å². The Hall–Kier alpha value is -3.27. The Morgan fingerprint density at radius 2 is 1.24 bits per heavy atom. The van der Waals surface area contributed by atoms with E-state index < -0.39 is 0 Å². The van der Waals surface area contributed by atoms with Crippen molar-refractivity contribution < 1.29 is 10.2 Å². The zero-order chi connectivity index (χ0) is 24.1. The number of aromatic hydroxyl groups is 2. The van der Waals surface area contributed by atoms with Crippen LogP contribution in [0.25, 0.3) is 0 Å². The lowest BCUT2D eigenvalue weighted by atomic mass is 9.92. The summed E-state index contributed by atoms with van der Waals surface area (Å²) < 4.78 is 0. The van der Waals surface area contributed by atoms with Gasteiger partial charge in [-0.1, -0.05) is 52.0 Å². The number of rotatable bonds is 8. The predicted molar refractivity (Wildman–Crippen MR) is 139 cm³/mol. The molecule has 3 rings (SSSR count). The quantitative estimate of drug-likeness (QED) is 0.268. The van der Waals surface area contributed by atoms with E-state index in [-0.39, 0.29) is 11.5 Å². The van der Waals surface area contributed by atoms with Gasteiger partial charge in [-0.2, -0.15) is 0 Å². The van der Waals surface area contributed by atoms with Crippen molar-refractivity contribution in [1.29, 1.82) is 0 Å². The van der Waals surface area contributed by atoms with Crippen molar-refractivity contribution in [2.24, 2.45) is 4.99 Å². The first kappa shape index (κ1) is 24.4. The van der Waals surface area contributed by atoms with Gasteiger partial charge in [-0.3, -0.25) is 4.99 Å². The highest BCUT2D eigenvalue weighted by atomic mass is 16.3. The van der Waals surface area contributed by atoms with Crippen LogP contribution in [0.3, 0.4) is 0 Å². The SMILES string of the molecule is CCc1cc(Cc2cc(CC)c(/N=C(\C)c3ccc(O)cc3O)c(CC)c2)cc(CC)c1N. The molecule has 0 aliphatic heterocycles. The smallest absolute Gasteiger partial charge is 0.128 e. The van der Waals surface area contributed by atoms with Crippen LogP contribution >= 0.6 is 0 Å². The van der Waals surface area contributed by atoms with E-state index >= 15 is 0 Å². The van der Waals surface area contributed by atoms with E-state index in [4.69, 9.17) is 10.7 Å². The third-order valence-electron chi connectivity index (χ3n) is 6.32. The number of phenolic OH excluding ortho intramolecular Hbond substituents is 2. The molecule has 0 spiro atoms. The van der Waals surface area contributed by atoms with Crippen molar-refractivity contribution in [3.63, 3.8) is 0 Å². The number of benzene rings is 3. The molecule has 4 N–H and O–H groups in total. The van der Waals surface area contributed by atoms with Crippen molar-refractivity contribution in [3.05, 3.63) is 81.4 Å². The van der Waals surface area contributed by atoms with E-state index in [2.05, 4.69) is 52.0 Å². The van der Waals surface area contributed by atoms with Crippen LogP contribution in [0.2, 0.25) is 0 Å². The number of nitrogen functional groups attached to an aromatic ring is 1. The topological polar surface area (TPSA) is 78.8 Å². The molecule has 0 atom stereocenters. The van der Waals surface area contributed by atoms with E-state index in [0.717, 1.165) is 49.2 Å². The number of hydrogen-bond acceptors (Lipinski definition) is 4. The maximum absolute atomic E-state index is 10.3. The first-order valence-electron chi connectivity index (χ1n) is 11.9. The summed E-state index contributed by atoms with van der Waals surface area (Å²) in [5.41, 5.74) is 17.0. The number of aliphatic imine (C=N–C) groups is 1. The number of phenols is 2. The van der Waals surface area contributed by atoms with Gasteiger partial charge >= 0.3 is 0 Å². The van der Waals surface area contributed by atoms with Gasteiger partial charge in [-0.05, 0) is 84.5 Å². The average Bonchev–Trinajstić information content (AvgIpc) is 2.80. The summed E-state index contributed by atoms with van der Waals surface area (Å²) in [7, 11) is 0. The van der Waals surface area contributed by atoms with E-state index in [0.29, 0.717) is 5.56 Å². The summed E-state index contributed by atoms with van der Waals surface area (Å²) in [6, 6.07) is 13.6. The van der Waals surface area contributed by atoms with E-state index in [1.165, 1.54) is 39.4 Å². The highest BCUT2D eigenvalue weighted by Crippen LogP contribution is 2.32. The minimum absolute atomic E-state index is 0.0331. The molecule has 4 heteroatoms. The third-order valence-corrected chi connectivity index (χ3v) is 6.32. The Labute approximate surface area is 197 Å². The number of aryl methyl sites for hydroxylation is 4. The second-order valence-electron chi connectivity index (χ2n) is 8.58. The largest absolute Gasteiger partial charge is 0.508 e. The Kier molecular flexibility index (Phi) is 7.80. The van der Waals surface area contributed by atoms with Gasteiger partial charge in [-0.15, -0.1) is 0 Å². The molecule has 0 aliphatic rings. The van der Waals surface area contributed by atoms with Crippen LogP contribution in [-0.2, 0) is 32.1 Å². The molecule has 174 valence electrons. The normalized spacial score (nSPS) is 11.7. The lowest BCUT2D eigenvalue weighted by Crippen LogP contribution is -2.03. The lowest BCUT2D eigenvalue weighted by molar-refractivity contribution is 0.450. The second-order valence-corrected chi connectivity index (χ2v) is 8.58. The molecule has 0 aromatic heterocycles. The van der Waals surface area contributed by atoms with Crippen LogP contribution in [0.15, 0.2) is 47.5 Å². The number of nitrogens with zero attached hydrogens (tertiary/aromatic N) is 1. The molecule has 0 fully saturated rings. The monoisotopic (exact) mass is 444 g/mol. The van der Waals surface area contributed by atoms with Gasteiger partial charge < -0.3 is 15.9 Å². The van der Waals surface area contributed by atoms with Gasteiger partial charge in [0.15, 0.2) is 0 Å². The number of nitrogens with two attached hydrogens (primary N) is 1. The van der Waals surface area contributed by atoms with Gasteiger partial charge in [0.05, 0.1) is 5.69 Å². The van der Waals surface area contributed by atoms with Crippen LogP contribution in [-0.4, -0.2) is 15.9 Å². The Morgan fingerprint density at radius 1 is 0.758 bits per heavy atom. The molecule has 0 bridgehead atoms. The van der Waals surface area contributed by atoms with Gasteiger partial charge in [-0.25, -0.2) is 0 Å². The maximum atomic E-state index is 10.3. The summed E-state index contributed by atoms with van der Waals surface area (Å²) in [5, 5.41) is 19.9. The lowest BCUT2D eigenvalue weighted by Gasteiger charge is -2.16. The highest BCUT2D eigenvalue weighted by molar-refractivity contribution is 6.02. The zero-order valence-electron chi connectivity index (χ0n) is 20.5. The van der Waals surface area contributed by atoms with Crippen LogP contribution < -0.4 is 5.73 Å². The van der Waals surface area contributed by atoms with Crippen molar-refractivity contribution >= 4 is 17.1 Å². The molecular weight excluding hydrogens is 408 g/mol. The Balaban J connectivity index is 2.03. The minimum atomic E-state index is 0.0331. The third kappa shape index (κ3) is 5.39. The van der Waals surface area contributed by atoms with Crippen molar-refractivity contribution in [1.82, 2.24) is 0 Å². The van der Waals surface area contributed by atoms with Crippen molar-refractivity contribution in [2.75, 3.05) is 5.73 Å². The Morgan fingerprint density at radius 3 is 1.70 bits per heavy atom. The van der Waals surface area contributed by atoms with Gasteiger partial charge in [0, 0.05) is 23.0 Å². The molecule has 0 saturated heterocycles. The molecule has 0 heterocycles. The molecule has 0 saturated carbocycles. The van der Waals surface area contributed by atoms with E-state index in [1.807, 2.05) is 6.92 Å². The Bertz CT molecular complexity index is 1130. The molecule has 0 unspecified atom stereocenters. The first-order chi connectivity index (χ1) is 15.8. The molecule has 3 aromatic rings. The zero-order valence-corrected chi connectivity index (χ0v) is 20.5. The molecule has 4 nitrogen and oxygen atoms in total. The van der Waals surface area contributed by atoms with Crippen LogP contribution in [0.4, 0.5) is 11.4 Å². The highest BCUT2D eigenvalue weighted by Gasteiger charge is 2.13. The second kappa shape index (κ2) is 10.6. The standard InChI is InChI=1S/C29H36N2O2/c1-6-21-13-19(14-22(7-2)28(21)30)12-20-15-23(8-3)29(24(9-4)16-20)31-18(5)26-11-10-25(32)17-27(26)33/h10-11,13-17,32-33H,6-9,12,30H2,1-5H3/b31-18+. The van der Waals surface area contributed by atoms with Crippen molar-refractivity contribution in [3.8, 4) is 11.5 Å². The van der Waals surface area contributed by atoms with E-state index in [9.17, 15) is 10.2 Å². The van der Waals surface area contributed by atoms with E-state index in [1.54, 1.807) is 12.1 Å². The van der Waals surface area contributed by atoms with Crippen molar-refractivity contribution in [2.45, 2.75) is 66.7 Å². The molecule has 33 heavy (non-hydrogen) atoms. The molecule has 0 radical (unpaired) electrons. The average molecular weight is 445 g/mol. The molecule has 0 aliphatic carbocycles. The van der Waals surface area contributed by atoms with Crippen LogP contribution in [0.1, 0.15) is 73.6 Å². The molecule has 3 aromatic carbocycles. The summed E-state index contributed by atoms with van der Waals surface area (Å²) in [6.45, 7) is 10.5. The summed E-state index contributed by atoms with van der Waals surface area (Å²) in [4.78, 5) is 4.93. The molecular formula is C29H36N2O2. The van der Waals surface area contributed by atoms with Gasteiger partial charge in [0.1, 0.15) is 11.5 Å². The summed E-state index contributed by atoms with van der Waals surface area (Å²) >= 11 is 0. The fourth-order valence-corrected chi connectivity index (χ4v) is 4.44. The fourth-order valence-electron chi connectivity index (χ4n) is 4.44. The fraction of sp³-hybridized carbons (Fsp3) is 0.345. The van der Waals surface area contributed by atoms with Crippen LogP contribution in [0, 0.1) is 0 Å². The first-order valence-corrected chi connectivity index (χ1v) is 11.9. The van der Waals surface area contributed by atoms with Crippen LogP contribution in [0.5, 0.6) is 11.5 Å². The summed E-state index contributed by atoms with van der Waals surface area (Å²) in [5.74, 6) is 0.0720. The summed E-state index contributed by atoms with van der Waals surface area (Å²) in [6.07, 6.45) is 4.48.